The SMILES string of the molecule is C[C@@H](NC(=O)[C@H]1CC(=O)N(C2CC2)C1)C12CC3CC(CC(C3)C1)C2. The second-order valence-electron chi connectivity index (χ2n) is 9.69. The molecule has 1 saturated heterocycles. The van der Waals surface area contributed by atoms with E-state index in [-0.39, 0.29) is 23.8 Å². The molecule has 1 heterocycles. The van der Waals surface area contributed by atoms with Gasteiger partial charge in [0.2, 0.25) is 11.8 Å². The maximum Gasteiger partial charge on any atom is 0.225 e. The summed E-state index contributed by atoms with van der Waals surface area (Å²) in [5.74, 6) is 2.95. The molecule has 0 spiro atoms. The van der Waals surface area contributed by atoms with Crippen molar-refractivity contribution < 1.29 is 9.59 Å². The van der Waals surface area contributed by atoms with Crippen LogP contribution in [-0.2, 0) is 9.59 Å². The highest BCUT2D eigenvalue weighted by Crippen LogP contribution is 2.61. The minimum Gasteiger partial charge on any atom is -0.353 e. The third kappa shape index (κ3) is 2.40. The van der Waals surface area contributed by atoms with E-state index in [0.29, 0.717) is 24.4 Å². The minimum absolute atomic E-state index is 0.116. The van der Waals surface area contributed by atoms with E-state index in [0.717, 1.165) is 30.6 Å². The van der Waals surface area contributed by atoms with Gasteiger partial charge in [0, 0.05) is 25.0 Å². The Labute approximate surface area is 144 Å². The molecule has 4 heteroatoms. The average molecular weight is 330 g/mol. The molecule has 24 heavy (non-hydrogen) atoms. The lowest BCUT2D eigenvalue weighted by molar-refractivity contribution is -0.131. The van der Waals surface area contributed by atoms with E-state index < -0.39 is 0 Å². The molecule has 5 saturated carbocycles. The summed E-state index contributed by atoms with van der Waals surface area (Å²) in [4.78, 5) is 26.9. The van der Waals surface area contributed by atoms with Gasteiger partial charge in [0.1, 0.15) is 0 Å². The third-order valence-corrected chi connectivity index (χ3v) is 7.88. The molecule has 6 aliphatic rings. The molecular formula is C20H30N2O2. The topological polar surface area (TPSA) is 49.4 Å². The van der Waals surface area contributed by atoms with Gasteiger partial charge in [-0.15, -0.1) is 0 Å². The summed E-state index contributed by atoms with van der Waals surface area (Å²) in [6.07, 6.45) is 11.0. The molecule has 4 bridgehead atoms. The number of nitrogens with one attached hydrogen (secondary N) is 1. The van der Waals surface area contributed by atoms with E-state index in [1.54, 1.807) is 0 Å². The third-order valence-electron chi connectivity index (χ3n) is 7.88. The number of carbonyl (C=O) groups excluding carboxylic acids is 2. The summed E-state index contributed by atoms with van der Waals surface area (Å²) >= 11 is 0. The van der Waals surface area contributed by atoms with Crippen LogP contribution in [0.4, 0.5) is 0 Å². The molecule has 2 atom stereocenters. The molecule has 132 valence electrons. The second kappa shape index (κ2) is 5.22. The zero-order chi connectivity index (χ0) is 16.5. The lowest BCUT2D eigenvalue weighted by Crippen LogP contribution is -2.56. The normalized spacial score (nSPS) is 44.9. The predicted octanol–water partition coefficient (Wildman–Crippen LogP) is 2.72. The highest BCUT2D eigenvalue weighted by atomic mass is 16.2. The van der Waals surface area contributed by atoms with E-state index in [1.807, 2.05) is 4.90 Å². The summed E-state index contributed by atoms with van der Waals surface area (Å²) in [5.41, 5.74) is 0.350. The van der Waals surface area contributed by atoms with Crippen molar-refractivity contribution >= 4 is 11.8 Å². The molecule has 5 aliphatic carbocycles. The summed E-state index contributed by atoms with van der Waals surface area (Å²) in [7, 11) is 0. The van der Waals surface area contributed by atoms with Gasteiger partial charge >= 0.3 is 0 Å². The van der Waals surface area contributed by atoms with Gasteiger partial charge < -0.3 is 10.2 Å². The van der Waals surface area contributed by atoms with Gasteiger partial charge in [0.25, 0.3) is 0 Å². The number of rotatable bonds is 4. The van der Waals surface area contributed by atoms with Crippen LogP contribution in [-0.4, -0.2) is 35.3 Å². The van der Waals surface area contributed by atoms with Crippen LogP contribution in [0, 0.1) is 29.1 Å². The van der Waals surface area contributed by atoms with Crippen LogP contribution < -0.4 is 5.32 Å². The first-order valence-electron chi connectivity index (χ1n) is 10.1. The van der Waals surface area contributed by atoms with Crippen LogP contribution in [0.15, 0.2) is 0 Å². The molecule has 0 radical (unpaired) electrons. The number of hydrogen-bond acceptors (Lipinski definition) is 2. The van der Waals surface area contributed by atoms with Gasteiger partial charge in [-0.3, -0.25) is 9.59 Å². The molecule has 1 N–H and O–H groups in total. The number of amides is 2. The smallest absolute Gasteiger partial charge is 0.225 e. The number of carbonyl (C=O) groups is 2. The molecule has 0 aromatic rings. The first-order valence-corrected chi connectivity index (χ1v) is 10.1. The Morgan fingerprint density at radius 3 is 2.25 bits per heavy atom. The van der Waals surface area contributed by atoms with Crippen molar-refractivity contribution in [3.8, 4) is 0 Å². The average Bonchev–Trinajstić information content (AvgIpc) is 3.28. The van der Waals surface area contributed by atoms with Gasteiger partial charge in [-0.1, -0.05) is 0 Å². The molecular weight excluding hydrogens is 300 g/mol. The first-order chi connectivity index (χ1) is 11.5. The maximum absolute atomic E-state index is 12.8. The molecule has 0 unspecified atom stereocenters. The van der Waals surface area contributed by atoms with Crippen LogP contribution in [0.2, 0.25) is 0 Å². The van der Waals surface area contributed by atoms with Crippen molar-refractivity contribution in [2.75, 3.05) is 6.54 Å². The van der Waals surface area contributed by atoms with Crippen LogP contribution in [0.3, 0.4) is 0 Å². The monoisotopic (exact) mass is 330 g/mol. The fraction of sp³-hybridized carbons (Fsp3) is 0.900. The van der Waals surface area contributed by atoms with Crippen molar-refractivity contribution in [2.45, 2.75) is 76.8 Å². The molecule has 2 amide bonds. The lowest BCUT2D eigenvalue weighted by Gasteiger charge is -2.59. The van der Waals surface area contributed by atoms with Gasteiger partial charge in [-0.25, -0.2) is 0 Å². The largest absolute Gasteiger partial charge is 0.353 e. The number of likely N-dealkylation sites (tertiary alicyclic amines) is 1. The highest BCUT2D eigenvalue weighted by Gasteiger charge is 2.53. The highest BCUT2D eigenvalue weighted by molar-refractivity contribution is 5.89. The fourth-order valence-corrected chi connectivity index (χ4v) is 6.84. The van der Waals surface area contributed by atoms with Crippen LogP contribution in [0.5, 0.6) is 0 Å². The number of nitrogens with zero attached hydrogens (tertiary/aromatic N) is 1. The Bertz CT molecular complexity index is 533. The van der Waals surface area contributed by atoms with Crippen molar-refractivity contribution in [1.29, 1.82) is 0 Å². The van der Waals surface area contributed by atoms with Gasteiger partial charge in [0.15, 0.2) is 0 Å². The molecule has 0 aromatic heterocycles. The van der Waals surface area contributed by atoms with Crippen LogP contribution in [0.25, 0.3) is 0 Å². The van der Waals surface area contributed by atoms with Gasteiger partial charge in [-0.05, 0) is 81.5 Å². The van der Waals surface area contributed by atoms with Gasteiger partial charge in [-0.2, -0.15) is 0 Å². The fourth-order valence-electron chi connectivity index (χ4n) is 6.84. The zero-order valence-electron chi connectivity index (χ0n) is 14.8. The molecule has 4 nitrogen and oxygen atoms in total. The summed E-state index contributed by atoms with van der Waals surface area (Å²) in [5, 5.41) is 3.36. The molecule has 6 rings (SSSR count). The quantitative estimate of drug-likeness (QED) is 0.861. The van der Waals surface area contributed by atoms with Crippen molar-refractivity contribution in [2.24, 2.45) is 29.1 Å². The first kappa shape index (κ1) is 15.2. The van der Waals surface area contributed by atoms with Crippen LogP contribution >= 0.6 is 0 Å². The van der Waals surface area contributed by atoms with E-state index in [9.17, 15) is 9.59 Å². The lowest BCUT2D eigenvalue weighted by atomic mass is 9.48. The summed E-state index contributed by atoms with van der Waals surface area (Å²) in [6.45, 7) is 2.89. The van der Waals surface area contributed by atoms with E-state index in [4.69, 9.17) is 0 Å². The maximum atomic E-state index is 12.8. The summed E-state index contributed by atoms with van der Waals surface area (Å²) < 4.78 is 0. The Morgan fingerprint density at radius 1 is 1.12 bits per heavy atom. The number of hydrogen-bond donors (Lipinski definition) is 1. The minimum atomic E-state index is -0.116. The van der Waals surface area contributed by atoms with Crippen molar-refractivity contribution in [3.05, 3.63) is 0 Å². The Kier molecular flexibility index (Phi) is 3.31. The Balaban J connectivity index is 1.24. The van der Waals surface area contributed by atoms with E-state index in [1.165, 1.54) is 38.5 Å². The second-order valence-corrected chi connectivity index (χ2v) is 9.69. The van der Waals surface area contributed by atoms with Crippen molar-refractivity contribution in [1.82, 2.24) is 10.2 Å². The standard InChI is InChI=1S/C20H30N2O2/c1-12(20-8-13-4-14(9-20)6-15(5-13)10-20)21-19(24)16-7-18(23)22(11-16)17-2-3-17/h12-17H,2-11H2,1H3,(H,21,24)/t12-,13?,14?,15?,16+,20?/m1/s1. The zero-order valence-corrected chi connectivity index (χ0v) is 14.8. The predicted molar refractivity (Wildman–Crippen MR) is 91.1 cm³/mol. The Morgan fingerprint density at radius 2 is 1.71 bits per heavy atom. The summed E-state index contributed by atoms with van der Waals surface area (Å²) in [6, 6.07) is 0.708. The van der Waals surface area contributed by atoms with Gasteiger partial charge in [0.05, 0.1) is 5.92 Å². The van der Waals surface area contributed by atoms with Crippen LogP contribution in [0.1, 0.15) is 64.7 Å². The van der Waals surface area contributed by atoms with E-state index >= 15 is 0 Å². The Hall–Kier alpha value is -1.06. The van der Waals surface area contributed by atoms with E-state index in [2.05, 4.69) is 12.2 Å². The van der Waals surface area contributed by atoms with Crippen molar-refractivity contribution in [3.63, 3.8) is 0 Å². The molecule has 6 fully saturated rings. The molecule has 0 aromatic carbocycles. The molecule has 1 aliphatic heterocycles.